The van der Waals surface area contributed by atoms with E-state index in [1.165, 1.54) is 30.2 Å². The fourth-order valence-corrected chi connectivity index (χ4v) is 2.51. The summed E-state index contributed by atoms with van der Waals surface area (Å²) in [6.45, 7) is 7.41. The van der Waals surface area contributed by atoms with Crippen molar-refractivity contribution in [2.24, 2.45) is 0 Å². The van der Waals surface area contributed by atoms with Gasteiger partial charge in [-0.1, -0.05) is 51.8 Å². The van der Waals surface area contributed by atoms with Crippen molar-refractivity contribution in [2.45, 2.75) is 51.9 Å². The minimum Gasteiger partial charge on any atom is -0.493 e. The molecule has 0 aliphatic carbocycles. The Balaban J connectivity index is 2.28. The Morgan fingerprint density at radius 2 is 1.80 bits per heavy atom. The second-order valence-electron chi connectivity index (χ2n) is 5.95. The van der Waals surface area contributed by atoms with Gasteiger partial charge in [0, 0.05) is 5.75 Å². The minimum atomic E-state index is 0.116. The van der Waals surface area contributed by atoms with Gasteiger partial charge in [0.15, 0.2) is 0 Å². The smallest absolute Gasteiger partial charge is 0.133 e. The van der Waals surface area contributed by atoms with Crippen LogP contribution in [0.1, 0.15) is 52.0 Å². The summed E-state index contributed by atoms with van der Waals surface area (Å²) in [6, 6.07) is 8.31. The second-order valence-corrected chi connectivity index (χ2v) is 6.83. The average molecular weight is 291 g/mol. The molecule has 0 heterocycles. The highest BCUT2D eigenvalue weighted by Gasteiger charge is 2.17. The molecule has 0 unspecified atom stereocenters. The van der Waals surface area contributed by atoms with Crippen LogP contribution in [0.15, 0.2) is 24.3 Å². The molecule has 110 valence electrons. The molecule has 1 aromatic carbocycles. The first-order chi connectivity index (χ1) is 9.55. The first-order valence-corrected chi connectivity index (χ1v) is 8.27. The van der Waals surface area contributed by atoms with E-state index in [2.05, 4.69) is 44.4 Å². The van der Waals surface area contributed by atoms with Crippen molar-refractivity contribution < 1.29 is 4.74 Å². The maximum Gasteiger partial charge on any atom is 0.133 e. The number of benzene rings is 1. The first-order valence-electron chi connectivity index (χ1n) is 7.29. The number of ether oxygens (including phenoxy) is 1. The van der Waals surface area contributed by atoms with Gasteiger partial charge in [-0.25, -0.2) is 0 Å². The predicted molar refractivity (Wildman–Crippen MR) is 87.2 cm³/mol. The van der Waals surface area contributed by atoms with Gasteiger partial charge in [0.05, 0.1) is 6.61 Å². The zero-order valence-corrected chi connectivity index (χ0v) is 13.6. The minimum absolute atomic E-state index is 0.116. The summed E-state index contributed by atoms with van der Waals surface area (Å²) in [7, 11) is 0. The van der Waals surface area contributed by atoms with E-state index in [0.29, 0.717) is 0 Å². The van der Waals surface area contributed by atoms with Crippen molar-refractivity contribution in [1.82, 2.24) is 0 Å². The standard InChI is InChI=1S/C17H25NOS/c1-17(2,3)15-10-6-7-11-16(15)19-12-8-4-5-9-13-20-14-18/h6-7,10-11H,4-5,8-9,12-13H2,1-3H3. The van der Waals surface area contributed by atoms with Gasteiger partial charge in [-0.15, -0.1) is 0 Å². The SMILES string of the molecule is CC(C)(C)c1ccccc1OCCCCCCSC#N. The third-order valence-electron chi connectivity index (χ3n) is 3.16. The van der Waals surface area contributed by atoms with E-state index in [1.54, 1.807) is 0 Å². The largest absolute Gasteiger partial charge is 0.493 e. The molecule has 2 nitrogen and oxygen atoms in total. The Kier molecular flexibility index (Phi) is 7.54. The summed E-state index contributed by atoms with van der Waals surface area (Å²) in [6.07, 6.45) is 4.55. The van der Waals surface area contributed by atoms with Crippen molar-refractivity contribution in [3.63, 3.8) is 0 Å². The van der Waals surface area contributed by atoms with Crippen LogP contribution in [-0.4, -0.2) is 12.4 Å². The molecule has 1 rings (SSSR count). The highest BCUT2D eigenvalue weighted by atomic mass is 32.2. The summed E-state index contributed by atoms with van der Waals surface area (Å²) >= 11 is 1.35. The molecule has 0 bridgehead atoms. The van der Waals surface area contributed by atoms with Gasteiger partial charge < -0.3 is 4.74 Å². The molecule has 0 aliphatic heterocycles. The van der Waals surface area contributed by atoms with Crippen LogP contribution in [0.3, 0.4) is 0 Å². The van der Waals surface area contributed by atoms with Crippen molar-refractivity contribution in [2.75, 3.05) is 12.4 Å². The molecule has 20 heavy (non-hydrogen) atoms. The Morgan fingerprint density at radius 3 is 2.50 bits per heavy atom. The van der Waals surface area contributed by atoms with Crippen molar-refractivity contribution in [1.29, 1.82) is 5.26 Å². The monoisotopic (exact) mass is 291 g/mol. The number of para-hydroxylation sites is 1. The zero-order valence-electron chi connectivity index (χ0n) is 12.8. The average Bonchev–Trinajstić information content (AvgIpc) is 2.41. The second kappa shape index (κ2) is 8.92. The summed E-state index contributed by atoms with van der Waals surface area (Å²) < 4.78 is 5.93. The number of nitriles is 1. The lowest BCUT2D eigenvalue weighted by Crippen LogP contribution is -2.13. The lowest BCUT2D eigenvalue weighted by molar-refractivity contribution is 0.297. The van der Waals surface area contributed by atoms with E-state index in [4.69, 9.17) is 10.00 Å². The van der Waals surface area contributed by atoms with E-state index < -0.39 is 0 Å². The van der Waals surface area contributed by atoms with Crippen LogP contribution in [-0.2, 0) is 5.41 Å². The van der Waals surface area contributed by atoms with Crippen LogP contribution in [0.2, 0.25) is 0 Å². The van der Waals surface area contributed by atoms with Gasteiger partial charge in [-0.3, -0.25) is 0 Å². The molecule has 0 N–H and O–H groups in total. The van der Waals surface area contributed by atoms with Crippen molar-refractivity contribution >= 4 is 11.8 Å². The van der Waals surface area contributed by atoms with Gasteiger partial charge in [-0.2, -0.15) is 5.26 Å². The molecule has 0 saturated heterocycles. The molecule has 0 amide bonds. The first kappa shape index (κ1) is 16.9. The normalized spacial score (nSPS) is 11.1. The topological polar surface area (TPSA) is 33.0 Å². The Bertz CT molecular complexity index is 431. The van der Waals surface area contributed by atoms with Gasteiger partial charge in [0.1, 0.15) is 11.2 Å². The van der Waals surface area contributed by atoms with E-state index in [1.807, 2.05) is 6.07 Å². The molecule has 0 aliphatic rings. The third kappa shape index (κ3) is 6.34. The molecule has 0 radical (unpaired) electrons. The van der Waals surface area contributed by atoms with Gasteiger partial charge >= 0.3 is 0 Å². The number of rotatable bonds is 8. The maximum absolute atomic E-state index is 8.42. The van der Waals surface area contributed by atoms with Gasteiger partial charge in [0.25, 0.3) is 0 Å². The van der Waals surface area contributed by atoms with Crippen LogP contribution in [0.5, 0.6) is 5.75 Å². The fourth-order valence-electron chi connectivity index (χ4n) is 2.07. The van der Waals surface area contributed by atoms with Crippen LogP contribution in [0.4, 0.5) is 0 Å². The van der Waals surface area contributed by atoms with Crippen molar-refractivity contribution in [3.05, 3.63) is 29.8 Å². The number of thioether (sulfide) groups is 1. The molecule has 1 aromatic rings. The molecule has 0 aromatic heterocycles. The highest BCUT2D eigenvalue weighted by molar-refractivity contribution is 8.03. The molecule has 0 spiro atoms. The molecular weight excluding hydrogens is 266 g/mol. The van der Waals surface area contributed by atoms with Crippen LogP contribution < -0.4 is 4.74 Å². The number of hydrogen-bond donors (Lipinski definition) is 0. The van der Waals surface area contributed by atoms with E-state index in [-0.39, 0.29) is 5.41 Å². The summed E-state index contributed by atoms with van der Waals surface area (Å²) in [5.74, 6) is 1.96. The Hall–Kier alpha value is -1.14. The van der Waals surface area contributed by atoms with Gasteiger partial charge in [-0.05, 0) is 41.6 Å². The molecule has 0 fully saturated rings. The number of thiocyanates is 1. The molecule has 3 heteroatoms. The van der Waals surface area contributed by atoms with Crippen molar-refractivity contribution in [3.8, 4) is 11.2 Å². The van der Waals surface area contributed by atoms with Gasteiger partial charge in [0.2, 0.25) is 0 Å². The van der Waals surface area contributed by atoms with Crippen LogP contribution >= 0.6 is 11.8 Å². The van der Waals surface area contributed by atoms with E-state index >= 15 is 0 Å². The number of nitrogens with zero attached hydrogens (tertiary/aromatic N) is 1. The Labute approximate surface area is 127 Å². The van der Waals surface area contributed by atoms with E-state index in [9.17, 15) is 0 Å². The zero-order chi connectivity index (χ0) is 14.8. The predicted octanol–water partition coefficient (Wildman–Crippen LogP) is 5.14. The van der Waals surface area contributed by atoms with E-state index in [0.717, 1.165) is 31.0 Å². The van der Waals surface area contributed by atoms with Crippen LogP contribution in [0, 0.1) is 10.7 Å². The quantitative estimate of drug-likeness (QED) is 0.491. The third-order valence-corrected chi connectivity index (χ3v) is 3.78. The molecular formula is C17H25NOS. The summed E-state index contributed by atoms with van der Waals surface area (Å²) in [5.41, 5.74) is 1.39. The number of hydrogen-bond acceptors (Lipinski definition) is 3. The summed E-state index contributed by atoms with van der Waals surface area (Å²) in [5, 5.41) is 10.5. The van der Waals surface area contributed by atoms with Crippen LogP contribution in [0.25, 0.3) is 0 Å². The molecule has 0 saturated carbocycles. The maximum atomic E-state index is 8.42. The highest BCUT2D eigenvalue weighted by Crippen LogP contribution is 2.30. The fraction of sp³-hybridized carbons (Fsp3) is 0.588. The molecule has 0 atom stereocenters. The summed E-state index contributed by atoms with van der Waals surface area (Å²) in [4.78, 5) is 0. The number of unbranched alkanes of at least 4 members (excludes halogenated alkanes) is 3. The lowest BCUT2D eigenvalue weighted by Gasteiger charge is -2.22. The Morgan fingerprint density at radius 1 is 1.10 bits per heavy atom. The lowest BCUT2D eigenvalue weighted by atomic mass is 9.86.